The molecule has 0 bridgehead atoms. The quantitative estimate of drug-likeness (QED) is 0.880. The van der Waals surface area contributed by atoms with Crippen LogP contribution in [-0.4, -0.2) is 13.1 Å². The summed E-state index contributed by atoms with van der Waals surface area (Å²) in [6.45, 7) is 1.89. The molecule has 1 N–H and O–H groups in total. The number of nitrogens with zero attached hydrogens (tertiary/aromatic N) is 1. The molecule has 16 heavy (non-hydrogen) atoms. The molecular weight excluding hydrogens is 243 g/mol. The molecule has 0 aromatic heterocycles. The molecule has 2 rings (SSSR count). The highest BCUT2D eigenvalue weighted by atomic mass is 35.5. The van der Waals surface area contributed by atoms with Crippen molar-refractivity contribution in [2.45, 2.75) is 12.3 Å². The average Bonchev–Trinajstić information content (AvgIpc) is 2.78. The second-order valence-corrected chi connectivity index (χ2v) is 4.85. The fraction of sp³-hybridized carbons (Fsp3) is 0.417. The third-order valence-corrected chi connectivity index (χ3v) is 3.75. The van der Waals surface area contributed by atoms with Gasteiger partial charge in [-0.05, 0) is 43.1 Å². The number of halogens is 2. The fourth-order valence-electron chi connectivity index (χ4n) is 2.12. The summed E-state index contributed by atoms with van der Waals surface area (Å²) in [4.78, 5) is 0. The van der Waals surface area contributed by atoms with E-state index in [1.165, 1.54) is 0 Å². The van der Waals surface area contributed by atoms with Crippen LogP contribution >= 0.6 is 23.2 Å². The Balaban J connectivity index is 2.26. The van der Waals surface area contributed by atoms with Gasteiger partial charge < -0.3 is 5.32 Å². The Labute approximate surface area is 105 Å². The van der Waals surface area contributed by atoms with Crippen molar-refractivity contribution in [1.82, 2.24) is 5.32 Å². The van der Waals surface area contributed by atoms with Gasteiger partial charge in [0.2, 0.25) is 0 Å². The first kappa shape index (κ1) is 11.7. The van der Waals surface area contributed by atoms with E-state index in [1.54, 1.807) is 12.1 Å². The summed E-state index contributed by atoms with van der Waals surface area (Å²) in [5.41, 5.74) is 0.964. The number of rotatable bonds is 2. The molecule has 2 nitrogen and oxygen atoms in total. The van der Waals surface area contributed by atoms with Crippen LogP contribution in [0.15, 0.2) is 18.2 Å². The molecule has 84 valence electrons. The smallest absolute Gasteiger partial charge is 0.0754 e. The monoisotopic (exact) mass is 254 g/mol. The van der Waals surface area contributed by atoms with E-state index < -0.39 is 0 Å². The normalized spacial score (nSPS) is 21.7. The van der Waals surface area contributed by atoms with Crippen LogP contribution in [0.4, 0.5) is 0 Å². The zero-order valence-corrected chi connectivity index (χ0v) is 10.2. The minimum Gasteiger partial charge on any atom is -0.316 e. The number of nitriles is 1. The minimum absolute atomic E-state index is 0.0928. The maximum atomic E-state index is 9.25. The molecule has 1 aromatic carbocycles. The van der Waals surface area contributed by atoms with Crippen LogP contribution < -0.4 is 5.32 Å². The number of hydrogen-bond donors (Lipinski definition) is 1. The van der Waals surface area contributed by atoms with Gasteiger partial charge in [0, 0.05) is 0 Å². The SMILES string of the molecule is N#CC(c1ccc(Cl)c(Cl)c1)C1CCNC1. The maximum absolute atomic E-state index is 9.25. The van der Waals surface area contributed by atoms with Gasteiger partial charge in [0.1, 0.15) is 0 Å². The fourth-order valence-corrected chi connectivity index (χ4v) is 2.43. The highest BCUT2D eigenvalue weighted by Crippen LogP contribution is 2.32. The van der Waals surface area contributed by atoms with Gasteiger partial charge in [-0.1, -0.05) is 29.3 Å². The van der Waals surface area contributed by atoms with Crippen molar-refractivity contribution >= 4 is 23.2 Å². The number of benzene rings is 1. The van der Waals surface area contributed by atoms with Crippen molar-refractivity contribution in [2.75, 3.05) is 13.1 Å². The van der Waals surface area contributed by atoms with E-state index >= 15 is 0 Å². The Kier molecular flexibility index (Phi) is 3.70. The van der Waals surface area contributed by atoms with Gasteiger partial charge in [-0.2, -0.15) is 5.26 Å². The van der Waals surface area contributed by atoms with Crippen molar-refractivity contribution in [3.8, 4) is 6.07 Å². The van der Waals surface area contributed by atoms with Crippen LogP contribution in [0, 0.1) is 17.2 Å². The van der Waals surface area contributed by atoms with E-state index in [4.69, 9.17) is 23.2 Å². The van der Waals surface area contributed by atoms with Gasteiger partial charge in [-0.25, -0.2) is 0 Å². The molecule has 0 radical (unpaired) electrons. The summed E-state index contributed by atoms with van der Waals surface area (Å²) in [6.07, 6.45) is 1.04. The number of hydrogen-bond acceptors (Lipinski definition) is 2. The van der Waals surface area contributed by atoms with Gasteiger partial charge in [0.05, 0.1) is 22.0 Å². The van der Waals surface area contributed by atoms with Crippen molar-refractivity contribution in [3.05, 3.63) is 33.8 Å². The predicted octanol–water partition coefficient (Wildman–Crippen LogP) is 3.21. The highest BCUT2D eigenvalue weighted by Gasteiger charge is 2.26. The van der Waals surface area contributed by atoms with E-state index in [-0.39, 0.29) is 5.92 Å². The van der Waals surface area contributed by atoms with Crippen LogP contribution in [0.2, 0.25) is 10.0 Å². The maximum Gasteiger partial charge on any atom is 0.0754 e. The molecule has 1 saturated heterocycles. The summed E-state index contributed by atoms with van der Waals surface area (Å²) in [5.74, 6) is 0.284. The molecule has 2 unspecified atom stereocenters. The topological polar surface area (TPSA) is 35.8 Å². The zero-order valence-electron chi connectivity index (χ0n) is 8.71. The first-order valence-corrected chi connectivity index (χ1v) is 6.03. The molecule has 2 atom stereocenters. The summed E-state index contributed by atoms with van der Waals surface area (Å²) in [7, 11) is 0. The van der Waals surface area contributed by atoms with E-state index in [2.05, 4.69) is 11.4 Å². The average molecular weight is 255 g/mol. The van der Waals surface area contributed by atoms with Gasteiger partial charge in [0.15, 0.2) is 0 Å². The van der Waals surface area contributed by atoms with Crippen LogP contribution in [-0.2, 0) is 0 Å². The second-order valence-electron chi connectivity index (χ2n) is 4.03. The van der Waals surface area contributed by atoms with E-state index in [1.807, 2.05) is 6.07 Å². The van der Waals surface area contributed by atoms with Gasteiger partial charge >= 0.3 is 0 Å². The third-order valence-electron chi connectivity index (χ3n) is 3.01. The van der Waals surface area contributed by atoms with Crippen molar-refractivity contribution in [3.63, 3.8) is 0 Å². The summed E-state index contributed by atoms with van der Waals surface area (Å²) in [5, 5.41) is 13.6. The molecular formula is C12H12Cl2N2. The van der Waals surface area contributed by atoms with Crippen LogP contribution in [0.1, 0.15) is 17.9 Å². The Hall–Kier alpha value is -0.750. The van der Waals surface area contributed by atoms with Crippen molar-refractivity contribution in [1.29, 1.82) is 5.26 Å². The second kappa shape index (κ2) is 5.05. The lowest BCUT2D eigenvalue weighted by Crippen LogP contribution is -2.15. The van der Waals surface area contributed by atoms with E-state index in [0.29, 0.717) is 16.0 Å². The zero-order chi connectivity index (χ0) is 11.5. The first-order chi connectivity index (χ1) is 7.72. The summed E-state index contributed by atoms with van der Waals surface area (Å²) >= 11 is 11.8. The molecule has 1 aliphatic rings. The van der Waals surface area contributed by atoms with Crippen molar-refractivity contribution in [2.24, 2.45) is 5.92 Å². The highest BCUT2D eigenvalue weighted by molar-refractivity contribution is 6.42. The third kappa shape index (κ3) is 2.32. The Morgan fingerprint density at radius 2 is 2.19 bits per heavy atom. The minimum atomic E-state index is -0.0928. The lowest BCUT2D eigenvalue weighted by atomic mass is 9.86. The molecule has 0 saturated carbocycles. The standard InChI is InChI=1S/C12H12Cl2N2/c13-11-2-1-8(5-12(11)14)10(6-15)9-3-4-16-7-9/h1-2,5,9-10,16H,3-4,7H2. The molecule has 1 aromatic rings. The molecule has 4 heteroatoms. The Morgan fingerprint density at radius 1 is 1.38 bits per heavy atom. The van der Waals surface area contributed by atoms with Gasteiger partial charge in [0.25, 0.3) is 0 Å². The number of nitrogens with one attached hydrogen (secondary N) is 1. The summed E-state index contributed by atoms with van der Waals surface area (Å²) < 4.78 is 0. The molecule has 1 aliphatic heterocycles. The molecule has 0 aliphatic carbocycles. The van der Waals surface area contributed by atoms with E-state index in [0.717, 1.165) is 25.1 Å². The van der Waals surface area contributed by atoms with Gasteiger partial charge in [-0.3, -0.25) is 0 Å². The van der Waals surface area contributed by atoms with Gasteiger partial charge in [-0.15, -0.1) is 0 Å². The Bertz CT molecular complexity index is 420. The molecule has 0 spiro atoms. The first-order valence-electron chi connectivity index (χ1n) is 5.27. The molecule has 0 amide bonds. The largest absolute Gasteiger partial charge is 0.316 e. The van der Waals surface area contributed by atoms with Crippen molar-refractivity contribution < 1.29 is 0 Å². The summed E-state index contributed by atoms with van der Waals surface area (Å²) in [6, 6.07) is 7.81. The predicted molar refractivity (Wildman–Crippen MR) is 65.8 cm³/mol. The van der Waals surface area contributed by atoms with E-state index in [9.17, 15) is 5.26 Å². The molecule has 1 heterocycles. The molecule has 1 fully saturated rings. The Morgan fingerprint density at radius 3 is 2.75 bits per heavy atom. The van der Waals surface area contributed by atoms with Crippen LogP contribution in [0.25, 0.3) is 0 Å². The van der Waals surface area contributed by atoms with Crippen LogP contribution in [0.5, 0.6) is 0 Å². The lowest BCUT2D eigenvalue weighted by Gasteiger charge is -2.16. The lowest BCUT2D eigenvalue weighted by molar-refractivity contribution is 0.531. The van der Waals surface area contributed by atoms with Crippen LogP contribution in [0.3, 0.4) is 0 Å².